The van der Waals surface area contributed by atoms with Gasteiger partial charge in [-0.25, -0.2) is 4.98 Å². The molecule has 0 aliphatic carbocycles. The molecule has 0 saturated heterocycles. The van der Waals surface area contributed by atoms with Crippen LogP contribution < -0.4 is 5.32 Å². The monoisotopic (exact) mass is 262 g/mol. The molecule has 0 unspecified atom stereocenters. The standard InChI is InChI=1S/C14H18N2OS/c1-3-4-5-9-12(17)15-14-16-13-10(2)7-6-8-11(13)18-14/h6-8H,3-5,9H2,1-2H3,(H,15,16,17). The van der Waals surface area contributed by atoms with Gasteiger partial charge in [0.2, 0.25) is 5.91 Å². The predicted molar refractivity (Wildman–Crippen MR) is 77.1 cm³/mol. The summed E-state index contributed by atoms with van der Waals surface area (Å²) < 4.78 is 1.12. The maximum atomic E-state index is 11.7. The summed E-state index contributed by atoms with van der Waals surface area (Å²) in [5, 5.41) is 3.60. The molecule has 0 radical (unpaired) electrons. The van der Waals surface area contributed by atoms with Gasteiger partial charge in [-0.1, -0.05) is 43.2 Å². The largest absolute Gasteiger partial charge is 0.302 e. The fraction of sp³-hybridized carbons (Fsp3) is 0.429. The van der Waals surface area contributed by atoms with E-state index in [9.17, 15) is 4.79 Å². The highest BCUT2D eigenvalue weighted by Crippen LogP contribution is 2.27. The molecule has 0 bridgehead atoms. The van der Waals surface area contributed by atoms with Crippen LogP contribution in [0.25, 0.3) is 10.2 Å². The first-order valence-electron chi connectivity index (χ1n) is 6.36. The molecule has 96 valence electrons. The van der Waals surface area contributed by atoms with Crippen molar-refractivity contribution >= 4 is 32.6 Å². The van der Waals surface area contributed by atoms with Crippen LogP contribution in [0.2, 0.25) is 0 Å². The molecule has 0 atom stereocenters. The number of aromatic nitrogens is 1. The molecule has 1 aromatic carbocycles. The van der Waals surface area contributed by atoms with Crippen LogP contribution in [0.5, 0.6) is 0 Å². The number of rotatable bonds is 5. The van der Waals surface area contributed by atoms with Crippen LogP contribution >= 0.6 is 11.3 Å². The molecule has 1 amide bonds. The number of aryl methyl sites for hydroxylation is 1. The fourth-order valence-electron chi connectivity index (χ4n) is 1.86. The van der Waals surface area contributed by atoms with Crippen LogP contribution in [0.15, 0.2) is 18.2 Å². The molecule has 18 heavy (non-hydrogen) atoms. The topological polar surface area (TPSA) is 42.0 Å². The number of unbranched alkanes of at least 4 members (excludes halogenated alkanes) is 2. The van der Waals surface area contributed by atoms with Crippen LogP contribution in [-0.2, 0) is 4.79 Å². The third-order valence-electron chi connectivity index (χ3n) is 2.87. The number of fused-ring (bicyclic) bond motifs is 1. The lowest BCUT2D eigenvalue weighted by molar-refractivity contribution is -0.116. The van der Waals surface area contributed by atoms with E-state index in [4.69, 9.17) is 0 Å². The van der Waals surface area contributed by atoms with Crippen molar-refractivity contribution < 1.29 is 4.79 Å². The molecule has 1 aromatic heterocycles. The SMILES string of the molecule is CCCCCC(=O)Nc1nc2c(C)cccc2s1. The lowest BCUT2D eigenvalue weighted by Gasteiger charge is -2.00. The first kappa shape index (κ1) is 13.0. The van der Waals surface area contributed by atoms with Crippen LogP contribution in [0.3, 0.4) is 0 Å². The third-order valence-corrected chi connectivity index (χ3v) is 3.81. The van der Waals surface area contributed by atoms with Crippen LogP contribution in [0.1, 0.15) is 38.2 Å². The zero-order valence-electron chi connectivity index (χ0n) is 10.8. The van der Waals surface area contributed by atoms with Gasteiger partial charge in [-0.2, -0.15) is 0 Å². The van der Waals surface area contributed by atoms with E-state index in [1.54, 1.807) is 0 Å². The Balaban J connectivity index is 2.03. The number of para-hydroxylation sites is 1. The van der Waals surface area contributed by atoms with Crippen molar-refractivity contribution in [1.29, 1.82) is 0 Å². The fourth-order valence-corrected chi connectivity index (χ4v) is 2.82. The highest BCUT2D eigenvalue weighted by molar-refractivity contribution is 7.22. The molecule has 1 heterocycles. The molecule has 1 N–H and O–H groups in total. The number of hydrogen-bond donors (Lipinski definition) is 1. The number of benzene rings is 1. The quantitative estimate of drug-likeness (QED) is 0.823. The van der Waals surface area contributed by atoms with Gasteiger partial charge in [0.25, 0.3) is 0 Å². The minimum Gasteiger partial charge on any atom is -0.302 e. The molecule has 0 aliphatic rings. The average molecular weight is 262 g/mol. The van der Waals surface area contributed by atoms with Crippen LogP contribution in [0.4, 0.5) is 5.13 Å². The van der Waals surface area contributed by atoms with Crippen molar-refractivity contribution in [3.63, 3.8) is 0 Å². The summed E-state index contributed by atoms with van der Waals surface area (Å²) in [5.74, 6) is 0.0696. The second-order valence-corrected chi connectivity index (χ2v) is 5.48. The average Bonchev–Trinajstić information content (AvgIpc) is 2.73. The van der Waals surface area contributed by atoms with E-state index < -0.39 is 0 Å². The molecule has 0 fully saturated rings. The molecule has 2 rings (SSSR count). The lowest BCUT2D eigenvalue weighted by Crippen LogP contribution is -2.10. The van der Waals surface area contributed by atoms with Gasteiger partial charge in [0.15, 0.2) is 5.13 Å². The smallest absolute Gasteiger partial charge is 0.226 e. The normalized spacial score (nSPS) is 10.8. The van der Waals surface area contributed by atoms with Gasteiger partial charge < -0.3 is 5.32 Å². The zero-order chi connectivity index (χ0) is 13.0. The Bertz CT molecular complexity index is 548. The Morgan fingerprint density at radius 2 is 2.22 bits per heavy atom. The molecule has 2 aromatic rings. The third kappa shape index (κ3) is 3.07. The summed E-state index contributed by atoms with van der Waals surface area (Å²) in [5.41, 5.74) is 2.14. The Kier molecular flexibility index (Phi) is 4.31. The highest BCUT2D eigenvalue weighted by atomic mass is 32.1. The summed E-state index contributed by atoms with van der Waals surface area (Å²) in [4.78, 5) is 16.2. The lowest BCUT2D eigenvalue weighted by atomic mass is 10.2. The summed E-state index contributed by atoms with van der Waals surface area (Å²) in [7, 11) is 0. The van der Waals surface area contributed by atoms with Crippen molar-refractivity contribution in [2.45, 2.75) is 39.5 Å². The Morgan fingerprint density at radius 1 is 1.39 bits per heavy atom. The van der Waals surface area contributed by atoms with E-state index in [1.807, 2.05) is 25.1 Å². The number of hydrogen-bond acceptors (Lipinski definition) is 3. The van der Waals surface area contributed by atoms with Gasteiger partial charge in [-0.05, 0) is 25.0 Å². The minimum absolute atomic E-state index is 0.0696. The summed E-state index contributed by atoms with van der Waals surface area (Å²) in [6.07, 6.45) is 3.77. The summed E-state index contributed by atoms with van der Waals surface area (Å²) in [6.45, 7) is 4.17. The number of carbonyl (C=O) groups is 1. The summed E-state index contributed by atoms with van der Waals surface area (Å²) in [6, 6.07) is 6.09. The van der Waals surface area contributed by atoms with Crippen LogP contribution in [-0.4, -0.2) is 10.9 Å². The van der Waals surface area contributed by atoms with Gasteiger partial charge >= 0.3 is 0 Å². The first-order valence-corrected chi connectivity index (χ1v) is 7.18. The molecule has 0 aliphatic heterocycles. The Labute approximate surface area is 111 Å². The van der Waals surface area contributed by atoms with Crippen molar-refractivity contribution in [2.24, 2.45) is 0 Å². The molecule has 0 saturated carbocycles. The van der Waals surface area contributed by atoms with E-state index in [0.717, 1.165) is 35.0 Å². The van der Waals surface area contributed by atoms with E-state index in [0.29, 0.717) is 11.6 Å². The first-order chi connectivity index (χ1) is 8.70. The number of carbonyl (C=O) groups excluding carboxylic acids is 1. The Morgan fingerprint density at radius 3 is 2.94 bits per heavy atom. The van der Waals surface area contributed by atoms with Crippen molar-refractivity contribution in [3.8, 4) is 0 Å². The second-order valence-electron chi connectivity index (χ2n) is 4.45. The van der Waals surface area contributed by atoms with Crippen molar-refractivity contribution in [2.75, 3.05) is 5.32 Å². The van der Waals surface area contributed by atoms with Gasteiger partial charge in [-0.3, -0.25) is 4.79 Å². The minimum atomic E-state index is 0.0696. The number of nitrogens with zero attached hydrogens (tertiary/aromatic N) is 1. The number of thiazole rings is 1. The van der Waals surface area contributed by atoms with Crippen LogP contribution in [0, 0.1) is 6.92 Å². The highest BCUT2D eigenvalue weighted by Gasteiger charge is 2.08. The molecule has 3 nitrogen and oxygen atoms in total. The molecule has 0 spiro atoms. The number of anilines is 1. The van der Waals surface area contributed by atoms with E-state index in [-0.39, 0.29) is 5.91 Å². The maximum Gasteiger partial charge on any atom is 0.226 e. The number of amides is 1. The molecule has 4 heteroatoms. The molecular weight excluding hydrogens is 244 g/mol. The Hall–Kier alpha value is -1.42. The number of nitrogens with one attached hydrogen (secondary N) is 1. The van der Waals surface area contributed by atoms with Crippen molar-refractivity contribution in [1.82, 2.24) is 4.98 Å². The maximum absolute atomic E-state index is 11.7. The van der Waals surface area contributed by atoms with E-state index >= 15 is 0 Å². The molecular formula is C14H18N2OS. The van der Waals surface area contributed by atoms with Gasteiger partial charge in [-0.15, -0.1) is 0 Å². The predicted octanol–water partition coefficient (Wildman–Crippen LogP) is 4.12. The van der Waals surface area contributed by atoms with Gasteiger partial charge in [0.1, 0.15) is 0 Å². The van der Waals surface area contributed by atoms with E-state index in [1.165, 1.54) is 11.3 Å². The van der Waals surface area contributed by atoms with Gasteiger partial charge in [0.05, 0.1) is 10.2 Å². The van der Waals surface area contributed by atoms with E-state index in [2.05, 4.69) is 17.2 Å². The summed E-state index contributed by atoms with van der Waals surface area (Å²) >= 11 is 1.54. The second kappa shape index (κ2) is 5.96. The van der Waals surface area contributed by atoms with Crippen molar-refractivity contribution in [3.05, 3.63) is 23.8 Å². The van der Waals surface area contributed by atoms with Gasteiger partial charge in [0, 0.05) is 6.42 Å². The zero-order valence-corrected chi connectivity index (χ0v) is 11.6.